The summed E-state index contributed by atoms with van der Waals surface area (Å²) < 4.78 is 44.2. The number of carbonyl (C=O) groups is 3. The lowest BCUT2D eigenvalue weighted by atomic mass is 9.59. The van der Waals surface area contributed by atoms with E-state index in [-0.39, 0.29) is 47.1 Å². The van der Waals surface area contributed by atoms with Gasteiger partial charge in [-0.05, 0) is 55.9 Å². The lowest BCUT2D eigenvalue weighted by molar-refractivity contribution is -0.167. The highest BCUT2D eigenvalue weighted by molar-refractivity contribution is 6.31. The van der Waals surface area contributed by atoms with Crippen LogP contribution in [0.1, 0.15) is 52.4 Å². The maximum absolute atomic E-state index is 13.7. The van der Waals surface area contributed by atoms with Gasteiger partial charge in [-0.3, -0.25) is 14.4 Å². The summed E-state index contributed by atoms with van der Waals surface area (Å²) in [5, 5.41) is 5.93. The van der Waals surface area contributed by atoms with Gasteiger partial charge in [-0.25, -0.2) is 8.78 Å². The Hall–Kier alpha value is -3.11. The first-order valence-corrected chi connectivity index (χ1v) is 14.1. The molecule has 3 fully saturated rings. The van der Waals surface area contributed by atoms with Crippen LogP contribution in [0, 0.1) is 17.6 Å². The number of hydrogen-bond donors (Lipinski definition) is 2. The predicted octanol–water partition coefficient (Wildman–Crippen LogP) is 5.38. The summed E-state index contributed by atoms with van der Waals surface area (Å²) in [7, 11) is 0. The SMILES string of the molecule is CC(C)CC(=O)O[C@@H]1CC2(NC(=O)COc3ccc(Cl)c(F)c3)CCC1(NC(=O)COc1ccc(Cl)c(F)c1)CC2. The predicted molar refractivity (Wildman–Crippen MR) is 148 cm³/mol. The molecule has 41 heavy (non-hydrogen) atoms. The highest BCUT2D eigenvalue weighted by Gasteiger charge is 2.57. The second kappa shape index (κ2) is 12.8. The fourth-order valence-electron chi connectivity index (χ4n) is 5.40. The Labute approximate surface area is 247 Å². The molecule has 3 aliphatic carbocycles. The van der Waals surface area contributed by atoms with Crippen molar-refractivity contribution in [2.24, 2.45) is 5.92 Å². The third-order valence-corrected chi connectivity index (χ3v) is 8.07. The van der Waals surface area contributed by atoms with Crippen LogP contribution in [0.4, 0.5) is 8.78 Å². The van der Waals surface area contributed by atoms with Crippen LogP contribution in [-0.4, -0.2) is 48.2 Å². The van der Waals surface area contributed by atoms with Gasteiger partial charge in [0.1, 0.15) is 29.2 Å². The monoisotopic (exact) mass is 612 g/mol. The molecule has 2 N–H and O–H groups in total. The van der Waals surface area contributed by atoms with Gasteiger partial charge in [0.25, 0.3) is 11.8 Å². The summed E-state index contributed by atoms with van der Waals surface area (Å²) in [5.74, 6) is -2.18. The Kier molecular flexibility index (Phi) is 9.64. The minimum absolute atomic E-state index is 0.0517. The van der Waals surface area contributed by atoms with E-state index in [4.69, 9.17) is 37.4 Å². The number of ether oxygens (including phenoxy) is 3. The molecule has 8 nitrogen and oxygen atoms in total. The molecule has 0 spiro atoms. The van der Waals surface area contributed by atoms with E-state index < -0.39 is 46.6 Å². The Morgan fingerprint density at radius 3 is 1.88 bits per heavy atom. The third kappa shape index (κ3) is 7.80. The first kappa shape index (κ1) is 30.8. The molecule has 222 valence electrons. The van der Waals surface area contributed by atoms with E-state index in [1.807, 2.05) is 13.8 Å². The van der Waals surface area contributed by atoms with Crippen molar-refractivity contribution in [2.75, 3.05) is 13.2 Å². The number of esters is 1. The zero-order valence-corrected chi connectivity index (χ0v) is 24.2. The maximum Gasteiger partial charge on any atom is 0.306 e. The molecule has 1 atom stereocenters. The fraction of sp³-hybridized carbons (Fsp3) is 0.483. The van der Waals surface area contributed by atoms with Crippen molar-refractivity contribution in [1.82, 2.24) is 10.6 Å². The van der Waals surface area contributed by atoms with Gasteiger partial charge in [-0.15, -0.1) is 0 Å². The molecule has 3 aliphatic rings. The number of benzene rings is 2. The first-order chi connectivity index (χ1) is 19.4. The van der Waals surface area contributed by atoms with Gasteiger partial charge in [0.05, 0.1) is 15.6 Å². The molecule has 3 saturated carbocycles. The summed E-state index contributed by atoms with van der Waals surface area (Å²) in [6, 6.07) is 7.79. The van der Waals surface area contributed by atoms with E-state index in [1.54, 1.807) is 0 Å². The highest BCUT2D eigenvalue weighted by atomic mass is 35.5. The number of nitrogens with one attached hydrogen (secondary N) is 2. The molecule has 0 unspecified atom stereocenters. The number of carbonyl (C=O) groups excluding carboxylic acids is 3. The van der Waals surface area contributed by atoms with Crippen molar-refractivity contribution in [3.05, 3.63) is 58.1 Å². The van der Waals surface area contributed by atoms with Crippen LogP contribution < -0.4 is 20.1 Å². The molecule has 2 aromatic carbocycles. The van der Waals surface area contributed by atoms with Crippen molar-refractivity contribution < 1.29 is 37.4 Å². The average Bonchev–Trinajstić information content (AvgIpc) is 2.90. The third-order valence-electron chi connectivity index (χ3n) is 7.46. The highest BCUT2D eigenvalue weighted by Crippen LogP contribution is 2.48. The molecule has 0 aliphatic heterocycles. The van der Waals surface area contributed by atoms with E-state index in [9.17, 15) is 23.2 Å². The van der Waals surface area contributed by atoms with E-state index in [0.717, 1.165) is 12.1 Å². The quantitative estimate of drug-likeness (QED) is 0.331. The van der Waals surface area contributed by atoms with E-state index in [2.05, 4.69) is 10.6 Å². The molecular weight excluding hydrogens is 581 g/mol. The van der Waals surface area contributed by atoms with Crippen LogP contribution in [0.2, 0.25) is 10.0 Å². The Morgan fingerprint density at radius 2 is 1.39 bits per heavy atom. The average molecular weight is 613 g/mol. The number of rotatable bonds is 11. The lowest BCUT2D eigenvalue weighted by Crippen LogP contribution is -2.71. The van der Waals surface area contributed by atoms with Crippen molar-refractivity contribution >= 4 is 41.0 Å². The standard InChI is InChI=1S/C29H32Cl2F2N2O6/c1-17(2)11-27(38)41-24-14-28(34-25(36)15-39-18-3-5-20(30)22(32)12-18)7-9-29(24,10-8-28)35-26(37)16-40-19-4-6-21(31)23(33)13-19/h3-6,12-13,17,24H,7-11,14-16H2,1-2H3,(H,34,36)(H,35,37)/t24-,28?,29?/m1/s1. The summed E-state index contributed by atoms with van der Waals surface area (Å²) >= 11 is 11.4. The van der Waals surface area contributed by atoms with E-state index in [1.165, 1.54) is 24.3 Å². The Balaban J connectivity index is 1.41. The molecular formula is C29H32Cl2F2N2O6. The number of amides is 2. The number of halogens is 4. The van der Waals surface area contributed by atoms with Crippen LogP contribution >= 0.6 is 23.2 Å². The molecule has 0 radical (unpaired) electrons. The van der Waals surface area contributed by atoms with Crippen LogP contribution in [0.5, 0.6) is 11.5 Å². The minimum Gasteiger partial charge on any atom is -0.484 e. The number of fused-ring (bicyclic) bond motifs is 3. The molecule has 2 bridgehead atoms. The maximum atomic E-state index is 13.7. The Bertz CT molecular complexity index is 1300. The van der Waals surface area contributed by atoms with Gasteiger partial charge in [0, 0.05) is 30.5 Å². The summed E-state index contributed by atoms with van der Waals surface area (Å²) in [6.07, 6.45) is 1.74. The topological polar surface area (TPSA) is 103 Å². The van der Waals surface area contributed by atoms with Crippen LogP contribution in [0.25, 0.3) is 0 Å². The summed E-state index contributed by atoms with van der Waals surface area (Å²) in [5.41, 5.74) is -1.51. The molecule has 2 aromatic rings. The van der Waals surface area contributed by atoms with Crippen molar-refractivity contribution in [2.45, 2.75) is 69.6 Å². The second-order valence-electron chi connectivity index (χ2n) is 11.0. The van der Waals surface area contributed by atoms with Gasteiger partial charge in [-0.1, -0.05) is 37.0 Å². The molecule has 0 saturated heterocycles. The normalized spacial score (nSPS) is 23.1. The first-order valence-electron chi connectivity index (χ1n) is 13.4. The Morgan fingerprint density at radius 1 is 0.878 bits per heavy atom. The van der Waals surface area contributed by atoms with E-state index >= 15 is 0 Å². The van der Waals surface area contributed by atoms with Crippen molar-refractivity contribution in [3.63, 3.8) is 0 Å². The lowest BCUT2D eigenvalue weighted by Gasteiger charge is -2.57. The molecule has 12 heteroatoms. The summed E-state index contributed by atoms with van der Waals surface area (Å²) in [4.78, 5) is 38.4. The van der Waals surface area contributed by atoms with Gasteiger partial charge < -0.3 is 24.8 Å². The zero-order chi connectivity index (χ0) is 29.8. The van der Waals surface area contributed by atoms with Crippen molar-refractivity contribution in [3.8, 4) is 11.5 Å². The van der Waals surface area contributed by atoms with Crippen LogP contribution in [0.3, 0.4) is 0 Å². The molecule has 2 amide bonds. The van der Waals surface area contributed by atoms with Crippen LogP contribution in [-0.2, 0) is 19.1 Å². The van der Waals surface area contributed by atoms with Gasteiger partial charge in [-0.2, -0.15) is 0 Å². The smallest absolute Gasteiger partial charge is 0.306 e. The minimum atomic E-state index is -0.845. The fourth-order valence-corrected chi connectivity index (χ4v) is 5.64. The molecule has 0 heterocycles. The van der Waals surface area contributed by atoms with Crippen molar-refractivity contribution in [1.29, 1.82) is 0 Å². The van der Waals surface area contributed by atoms with Crippen LogP contribution in [0.15, 0.2) is 36.4 Å². The second-order valence-corrected chi connectivity index (χ2v) is 11.9. The number of hydrogen-bond acceptors (Lipinski definition) is 6. The molecule has 5 rings (SSSR count). The summed E-state index contributed by atoms with van der Waals surface area (Å²) in [6.45, 7) is 3.08. The largest absolute Gasteiger partial charge is 0.484 e. The van der Waals surface area contributed by atoms with Gasteiger partial charge in [0.15, 0.2) is 13.2 Å². The molecule has 0 aromatic heterocycles. The van der Waals surface area contributed by atoms with Gasteiger partial charge >= 0.3 is 5.97 Å². The van der Waals surface area contributed by atoms with E-state index in [0.29, 0.717) is 32.1 Å². The van der Waals surface area contributed by atoms with Gasteiger partial charge in [0.2, 0.25) is 0 Å². The zero-order valence-electron chi connectivity index (χ0n) is 22.7.